The van der Waals surface area contributed by atoms with Gasteiger partial charge >= 0.3 is 0 Å². The Bertz CT molecular complexity index is 585. The third-order valence-corrected chi connectivity index (χ3v) is 3.62. The number of rotatable bonds is 3. The number of hydrogen-bond acceptors (Lipinski definition) is 4. The summed E-state index contributed by atoms with van der Waals surface area (Å²) < 4.78 is 24.1. The Morgan fingerprint density at radius 3 is 2.24 bits per heavy atom. The Morgan fingerprint density at radius 2 is 1.65 bits per heavy atom. The quantitative estimate of drug-likeness (QED) is 0.841. The number of aromatic nitrogens is 1. The fourth-order valence-electron chi connectivity index (χ4n) is 1.28. The second kappa shape index (κ2) is 4.52. The molecule has 0 aliphatic heterocycles. The first kappa shape index (κ1) is 11.6. The van der Waals surface area contributed by atoms with Crippen LogP contribution in [0.25, 0.3) is 0 Å². The van der Waals surface area contributed by atoms with Crippen LogP contribution in [0.15, 0.2) is 59.6 Å². The molecule has 2 aromatic rings. The zero-order valence-corrected chi connectivity index (χ0v) is 9.58. The molecule has 1 aromatic heterocycles. The van der Waals surface area contributed by atoms with Gasteiger partial charge in [-0.15, -0.1) is 4.47 Å². The molecule has 5 nitrogen and oxygen atoms in total. The van der Waals surface area contributed by atoms with E-state index in [4.69, 9.17) is 0 Å². The van der Waals surface area contributed by atoms with Gasteiger partial charge in [-0.05, 0) is 24.3 Å². The van der Waals surface area contributed by atoms with Crippen molar-refractivity contribution in [1.82, 2.24) is 4.98 Å². The molecule has 2 rings (SSSR count). The molecule has 1 heterocycles. The molecular formula is C11H10N2O3S. The van der Waals surface area contributed by atoms with Gasteiger partial charge in [0.05, 0.1) is 4.90 Å². The molecule has 0 aliphatic rings. The van der Waals surface area contributed by atoms with E-state index in [0.29, 0.717) is 0 Å². The van der Waals surface area contributed by atoms with E-state index in [1.165, 1.54) is 24.4 Å². The van der Waals surface area contributed by atoms with Crippen LogP contribution < -0.4 is 4.47 Å². The van der Waals surface area contributed by atoms with Crippen molar-refractivity contribution < 1.29 is 13.6 Å². The summed E-state index contributed by atoms with van der Waals surface area (Å²) in [6, 6.07) is 12.3. The molecule has 88 valence electrons. The molecular weight excluding hydrogens is 240 g/mol. The van der Waals surface area contributed by atoms with Gasteiger partial charge in [0.1, 0.15) is 0 Å². The summed E-state index contributed by atoms with van der Waals surface area (Å²) in [5.41, 5.74) is 0. The lowest BCUT2D eigenvalue weighted by Gasteiger charge is -2.15. The van der Waals surface area contributed by atoms with Crippen LogP contribution in [0.5, 0.6) is 0 Å². The summed E-state index contributed by atoms with van der Waals surface area (Å²) in [4.78, 5) is 3.77. The number of sulfonamides is 1. The van der Waals surface area contributed by atoms with E-state index in [0.717, 1.165) is 0 Å². The van der Waals surface area contributed by atoms with Crippen LogP contribution in [0, 0.1) is 0 Å². The molecule has 17 heavy (non-hydrogen) atoms. The van der Waals surface area contributed by atoms with Gasteiger partial charge in [0.2, 0.25) is 0 Å². The van der Waals surface area contributed by atoms with E-state index < -0.39 is 10.0 Å². The molecule has 0 atom stereocenters. The van der Waals surface area contributed by atoms with E-state index in [1.807, 2.05) is 0 Å². The van der Waals surface area contributed by atoms with E-state index >= 15 is 0 Å². The average molecular weight is 250 g/mol. The zero-order chi connectivity index (χ0) is 12.3. The summed E-state index contributed by atoms with van der Waals surface area (Å²) in [5.74, 6) is -0.0450. The van der Waals surface area contributed by atoms with Crippen molar-refractivity contribution in [3.63, 3.8) is 0 Å². The average Bonchev–Trinajstić information content (AvgIpc) is 2.40. The highest BCUT2D eigenvalue weighted by Gasteiger charge is 2.23. The largest absolute Gasteiger partial charge is 0.287 e. The highest BCUT2D eigenvalue weighted by molar-refractivity contribution is 7.92. The minimum atomic E-state index is -3.97. The molecule has 0 spiro atoms. The van der Waals surface area contributed by atoms with Crippen molar-refractivity contribution in [2.45, 2.75) is 4.90 Å². The van der Waals surface area contributed by atoms with Crippen molar-refractivity contribution in [2.24, 2.45) is 0 Å². The van der Waals surface area contributed by atoms with Gasteiger partial charge in [0.25, 0.3) is 10.0 Å². The van der Waals surface area contributed by atoms with Crippen molar-refractivity contribution in [3.8, 4) is 0 Å². The van der Waals surface area contributed by atoms with Crippen LogP contribution in [0.3, 0.4) is 0 Å². The minimum absolute atomic E-state index is 0.00755. The van der Waals surface area contributed by atoms with Gasteiger partial charge in [-0.25, -0.2) is 4.98 Å². The van der Waals surface area contributed by atoms with Crippen molar-refractivity contribution >= 4 is 15.8 Å². The highest BCUT2D eigenvalue weighted by Crippen LogP contribution is 2.18. The number of nitrogens with zero attached hydrogens (tertiary/aromatic N) is 2. The Labute approximate surface area is 99.0 Å². The molecule has 0 bridgehead atoms. The van der Waals surface area contributed by atoms with Crippen LogP contribution >= 0.6 is 0 Å². The Balaban J connectivity index is 2.41. The van der Waals surface area contributed by atoms with E-state index in [2.05, 4.69) is 4.98 Å². The first-order chi connectivity index (χ1) is 8.12. The highest BCUT2D eigenvalue weighted by atomic mass is 32.2. The Morgan fingerprint density at radius 1 is 1.00 bits per heavy atom. The Hall–Kier alpha value is -1.92. The molecule has 0 unspecified atom stereocenters. The van der Waals surface area contributed by atoms with E-state index in [-0.39, 0.29) is 15.2 Å². The minimum Gasteiger partial charge on any atom is -0.272 e. The summed E-state index contributed by atoms with van der Waals surface area (Å²) >= 11 is 0. The van der Waals surface area contributed by atoms with Crippen LogP contribution in [-0.4, -0.2) is 18.6 Å². The Kier molecular flexibility index (Phi) is 3.08. The SMILES string of the molecule is O=S(=O)(c1ccccc1)N(O)c1ccccn1. The summed E-state index contributed by atoms with van der Waals surface area (Å²) in [6.07, 6.45) is 1.40. The predicted octanol–water partition coefficient (Wildman–Crippen LogP) is 1.67. The lowest BCUT2D eigenvalue weighted by atomic mass is 10.4. The molecule has 0 radical (unpaired) electrons. The first-order valence-electron chi connectivity index (χ1n) is 4.82. The second-order valence-corrected chi connectivity index (χ2v) is 5.02. The van der Waals surface area contributed by atoms with Gasteiger partial charge in [-0.3, -0.25) is 5.21 Å². The molecule has 0 aliphatic carbocycles. The van der Waals surface area contributed by atoms with Crippen LogP contribution in [0.1, 0.15) is 0 Å². The second-order valence-electron chi connectivity index (χ2n) is 3.25. The normalized spacial score (nSPS) is 11.1. The van der Waals surface area contributed by atoms with Crippen LogP contribution in [0.4, 0.5) is 5.82 Å². The molecule has 1 N–H and O–H groups in total. The van der Waals surface area contributed by atoms with E-state index in [1.54, 1.807) is 30.3 Å². The lowest BCUT2D eigenvalue weighted by molar-refractivity contribution is 0.313. The third kappa shape index (κ3) is 2.27. The smallest absolute Gasteiger partial charge is 0.272 e. The number of anilines is 1. The van der Waals surface area contributed by atoms with Crippen LogP contribution in [0.2, 0.25) is 0 Å². The summed E-state index contributed by atoms with van der Waals surface area (Å²) in [6.45, 7) is 0. The maximum atomic E-state index is 12.0. The molecule has 0 saturated carbocycles. The van der Waals surface area contributed by atoms with Gasteiger partial charge in [-0.2, -0.15) is 8.42 Å². The number of hydrogen-bond donors (Lipinski definition) is 1. The number of benzene rings is 1. The standard InChI is InChI=1S/C11H10N2O3S/c14-13(11-8-4-5-9-12-11)17(15,16)10-6-2-1-3-7-10/h1-9,14H. The van der Waals surface area contributed by atoms with Gasteiger partial charge in [-0.1, -0.05) is 24.3 Å². The number of pyridine rings is 1. The third-order valence-electron chi connectivity index (χ3n) is 2.11. The predicted molar refractivity (Wildman–Crippen MR) is 62.1 cm³/mol. The van der Waals surface area contributed by atoms with Crippen molar-refractivity contribution in [3.05, 3.63) is 54.7 Å². The lowest BCUT2D eigenvalue weighted by Crippen LogP contribution is -2.27. The molecule has 0 fully saturated rings. The molecule has 0 amide bonds. The van der Waals surface area contributed by atoms with Gasteiger partial charge in [0.15, 0.2) is 5.82 Å². The van der Waals surface area contributed by atoms with Gasteiger partial charge in [0, 0.05) is 6.20 Å². The van der Waals surface area contributed by atoms with Gasteiger partial charge < -0.3 is 0 Å². The fourth-order valence-corrected chi connectivity index (χ4v) is 2.34. The molecule has 6 heteroatoms. The van der Waals surface area contributed by atoms with Crippen molar-refractivity contribution in [1.29, 1.82) is 0 Å². The zero-order valence-electron chi connectivity index (χ0n) is 8.76. The molecule has 0 saturated heterocycles. The monoisotopic (exact) mass is 250 g/mol. The molecule has 1 aromatic carbocycles. The maximum absolute atomic E-state index is 12.0. The van der Waals surface area contributed by atoms with E-state index in [9.17, 15) is 13.6 Å². The van der Waals surface area contributed by atoms with Crippen LogP contribution in [-0.2, 0) is 10.0 Å². The fraction of sp³-hybridized carbons (Fsp3) is 0. The topological polar surface area (TPSA) is 70.5 Å². The maximum Gasteiger partial charge on any atom is 0.287 e. The first-order valence-corrected chi connectivity index (χ1v) is 6.26. The van der Waals surface area contributed by atoms with Crippen molar-refractivity contribution in [2.75, 3.05) is 4.47 Å². The summed E-state index contributed by atoms with van der Waals surface area (Å²) in [5, 5.41) is 9.68. The summed E-state index contributed by atoms with van der Waals surface area (Å²) in [7, 11) is -3.97.